The maximum atomic E-state index is 5.62. The van der Waals surface area contributed by atoms with E-state index in [9.17, 15) is 0 Å². The van der Waals surface area contributed by atoms with Crippen molar-refractivity contribution in [3.63, 3.8) is 0 Å². The minimum Gasteiger partial charge on any atom is -0.421 e. The normalized spacial score (nSPS) is 9.98. The van der Waals surface area contributed by atoms with Gasteiger partial charge >= 0.3 is 28.5 Å². The molecule has 0 fully saturated rings. The van der Waals surface area contributed by atoms with E-state index in [1.54, 1.807) is 13.1 Å². The first-order valence-electron chi connectivity index (χ1n) is 13.4. The Balaban J connectivity index is 0.000000176. The summed E-state index contributed by atoms with van der Waals surface area (Å²) in [4.78, 5) is 8.19. The molecule has 0 saturated heterocycles. The van der Waals surface area contributed by atoms with Gasteiger partial charge in [0.1, 0.15) is 6.66 Å². The predicted molar refractivity (Wildman–Crippen MR) is 176 cm³/mol. The summed E-state index contributed by atoms with van der Waals surface area (Å²) in [6, 6.07) is 48.1. The van der Waals surface area contributed by atoms with Gasteiger partial charge in [0, 0.05) is 12.0 Å². The van der Waals surface area contributed by atoms with Crippen LogP contribution in [-0.4, -0.2) is 28.4 Å². The van der Waals surface area contributed by atoms with Crippen LogP contribution in [0.1, 0.15) is 5.82 Å². The van der Waals surface area contributed by atoms with E-state index in [2.05, 4.69) is 99.6 Å². The number of aryl methyl sites for hydroxylation is 1. The van der Waals surface area contributed by atoms with Crippen LogP contribution in [0.3, 0.4) is 0 Å². The molecule has 0 aliphatic heterocycles. The van der Waals surface area contributed by atoms with Gasteiger partial charge in [-0.2, -0.15) is 36.4 Å². The molecule has 0 unspecified atom stereocenters. The number of rotatable bonds is 7. The minimum atomic E-state index is -1.36. The van der Waals surface area contributed by atoms with Crippen molar-refractivity contribution in [2.45, 2.75) is 6.92 Å². The number of hydrogen-bond acceptors (Lipinski definition) is 5. The summed E-state index contributed by atoms with van der Waals surface area (Å²) in [5.74, 6) is 2.70. The molecule has 0 saturated carbocycles. The Kier molecular flexibility index (Phi) is 14.7. The number of pyridine rings is 1. The minimum absolute atomic E-state index is 0. The number of nitrogens with zero attached hydrogens (tertiary/aromatic N) is 4. The molecule has 218 valence electrons. The summed E-state index contributed by atoms with van der Waals surface area (Å²) >= 11 is 0. The van der Waals surface area contributed by atoms with E-state index in [1.165, 1.54) is 10.6 Å². The molecule has 0 aliphatic carbocycles. The molecule has 0 atom stereocenters. The molecule has 0 radical (unpaired) electrons. The summed E-state index contributed by atoms with van der Waals surface area (Å²) in [6.45, 7) is 6.08. The van der Waals surface area contributed by atoms with E-state index in [-0.39, 0.29) is 20.1 Å². The Morgan fingerprint density at radius 3 is 1.58 bits per heavy atom. The quantitative estimate of drug-likeness (QED) is 0.133. The largest absolute Gasteiger partial charge is 3.00 e. The van der Waals surface area contributed by atoms with Gasteiger partial charge in [-0.1, -0.05) is 42.5 Å². The summed E-state index contributed by atoms with van der Waals surface area (Å²) in [6.07, 6.45) is 1.71. The molecule has 0 bridgehead atoms. The summed E-state index contributed by atoms with van der Waals surface area (Å²) < 4.78 is 11.2. The van der Waals surface area contributed by atoms with Crippen LogP contribution in [-0.2, 0) is 20.1 Å². The second-order valence-corrected chi connectivity index (χ2v) is 12.7. The molecule has 2 heterocycles. The van der Waals surface area contributed by atoms with Crippen molar-refractivity contribution in [3.05, 3.63) is 152 Å². The van der Waals surface area contributed by atoms with E-state index in [0.717, 1.165) is 17.2 Å². The van der Waals surface area contributed by atoms with Crippen molar-refractivity contribution >= 4 is 26.9 Å². The Hall–Kier alpha value is -3.72. The smallest absolute Gasteiger partial charge is 0.421 e. The van der Waals surface area contributed by atoms with Gasteiger partial charge in [-0.25, -0.2) is 0 Å². The second-order valence-electron chi connectivity index (χ2n) is 8.90. The fourth-order valence-electron chi connectivity index (χ4n) is 3.68. The van der Waals surface area contributed by atoms with Crippen LogP contribution in [0.4, 0.5) is 0 Å². The Bertz CT molecular complexity index is 1480. The Labute approximate surface area is 270 Å². The summed E-state index contributed by atoms with van der Waals surface area (Å²) in [5, 5.41) is 10.6. The van der Waals surface area contributed by atoms with Crippen molar-refractivity contribution < 1.29 is 29.2 Å². The van der Waals surface area contributed by atoms with Crippen LogP contribution in [0.25, 0.3) is 11.5 Å². The van der Waals surface area contributed by atoms with Gasteiger partial charge < -0.3 is 19.1 Å². The van der Waals surface area contributed by atoms with Crippen molar-refractivity contribution in [2.24, 2.45) is 0 Å². The number of para-hydroxylation sites is 2. The molecule has 0 N–H and O–H groups in total. The number of aromatic nitrogens is 4. The first-order chi connectivity index (χ1) is 20.6. The molecule has 4 aromatic carbocycles. The van der Waals surface area contributed by atoms with E-state index in [0.29, 0.717) is 11.6 Å². The summed E-state index contributed by atoms with van der Waals surface area (Å²) in [5.41, 5.74) is 0.762. The third kappa shape index (κ3) is 11.8. The Morgan fingerprint density at radius 2 is 1.16 bits per heavy atom. The van der Waals surface area contributed by atoms with Gasteiger partial charge in [0.05, 0.1) is 42.4 Å². The summed E-state index contributed by atoms with van der Waals surface area (Å²) in [7, 11) is -1.90. The zero-order valence-electron chi connectivity index (χ0n) is 24.1. The van der Waals surface area contributed by atoms with Crippen LogP contribution in [0.5, 0.6) is 11.5 Å². The molecular formula is C34H33IrN4O2P2+2. The average Bonchev–Trinajstić information content (AvgIpc) is 3.50. The SMILES string of the molecule is C[PH+](Oc1[c-]cccc1)Oc1[c-]cccc1.C[PH+](c1ccccc1)c1ccccc1.Cc1n[n-]c(-c2ccccn2)n1.[Ir+3]. The van der Waals surface area contributed by atoms with Crippen LogP contribution in [0.15, 0.2) is 134 Å². The number of benzene rings is 4. The standard InChI is InChI=1S/C13H11O2P.C13H13P.C8H7N4.Ir/c1-16(14-12-8-4-2-5-9-12)15-13-10-6-3-7-11-13;1-14(12-8-4-2-5-9-12)13-10-6-3-7-11-13;1-6-10-8(12-11-6)7-4-2-3-5-9-7;/h2-8,10H,1H3;2-11H,1H3;2-5H,1H3;/q-2;;-1;+3/p+2. The zero-order valence-corrected chi connectivity index (χ0v) is 28.5. The van der Waals surface area contributed by atoms with Crippen LogP contribution < -0.4 is 24.8 Å². The van der Waals surface area contributed by atoms with Crippen molar-refractivity contribution in [3.8, 4) is 23.0 Å². The monoisotopic (exact) mass is 784 g/mol. The molecule has 6 nitrogen and oxygen atoms in total. The van der Waals surface area contributed by atoms with E-state index in [4.69, 9.17) is 9.05 Å². The Morgan fingerprint density at radius 1 is 0.651 bits per heavy atom. The molecule has 9 heteroatoms. The molecule has 6 aromatic rings. The van der Waals surface area contributed by atoms with Gasteiger partial charge in [0.15, 0.2) is 0 Å². The van der Waals surface area contributed by atoms with Gasteiger partial charge in [-0.05, 0) is 49.1 Å². The maximum Gasteiger partial charge on any atom is 3.00 e. The first kappa shape index (κ1) is 33.8. The van der Waals surface area contributed by atoms with Crippen molar-refractivity contribution in [2.75, 3.05) is 13.3 Å². The fraction of sp³-hybridized carbons (Fsp3) is 0.0882. The molecule has 0 aliphatic rings. The fourth-order valence-corrected chi connectivity index (χ4v) is 6.31. The zero-order chi connectivity index (χ0) is 29.4. The predicted octanol–water partition coefficient (Wildman–Crippen LogP) is 6.70. The third-order valence-electron chi connectivity index (χ3n) is 5.73. The molecular weight excluding hydrogens is 751 g/mol. The van der Waals surface area contributed by atoms with Crippen LogP contribution in [0.2, 0.25) is 0 Å². The molecule has 43 heavy (non-hydrogen) atoms. The van der Waals surface area contributed by atoms with Crippen LogP contribution in [0, 0.1) is 19.1 Å². The first-order valence-corrected chi connectivity index (χ1v) is 17.2. The molecule has 2 aromatic heterocycles. The van der Waals surface area contributed by atoms with E-state index >= 15 is 0 Å². The second kappa shape index (κ2) is 18.7. The van der Waals surface area contributed by atoms with E-state index in [1.807, 2.05) is 73.4 Å². The van der Waals surface area contributed by atoms with Crippen LogP contribution >= 0.6 is 16.3 Å². The third-order valence-corrected chi connectivity index (χ3v) is 9.15. The topological polar surface area (TPSA) is 71.2 Å². The molecule has 6 rings (SSSR count). The van der Waals surface area contributed by atoms with Crippen molar-refractivity contribution in [1.82, 2.24) is 20.2 Å². The molecule has 0 spiro atoms. The van der Waals surface area contributed by atoms with Gasteiger partial charge in [-0.3, -0.25) is 10.1 Å². The maximum absolute atomic E-state index is 5.62. The van der Waals surface area contributed by atoms with Gasteiger partial charge in [0.2, 0.25) is 0 Å². The van der Waals surface area contributed by atoms with E-state index < -0.39 is 16.3 Å². The average molecular weight is 784 g/mol. The molecule has 0 amide bonds. The number of hydrogen-bond donors (Lipinski definition) is 0. The van der Waals surface area contributed by atoms with Gasteiger partial charge in [-0.15, -0.1) is 24.3 Å². The van der Waals surface area contributed by atoms with Gasteiger partial charge in [0.25, 0.3) is 0 Å². The van der Waals surface area contributed by atoms with Crippen molar-refractivity contribution in [1.29, 1.82) is 0 Å².